The first kappa shape index (κ1) is 6.26. The van der Waals surface area contributed by atoms with Gasteiger partial charge in [-0.2, -0.15) is 0 Å². The molecule has 1 heterocycles. The number of hydrogen-bond acceptors (Lipinski definition) is 3. The van der Waals surface area contributed by atoms with Gasteiger partial charge in [-0.25, -0.2) is 0 Å². The van der Waals surface area contributed by atoms with Gasteiger partial charge in [-0.15, -0.1) is 0 Å². The van der Waals surface area contributed by atoms with Gasteiger partial charge in [0.1, 0.15) is 12.1 Å². The second kappa shape index (κ2) is 2.62. The van der Waals surface area contributed by atoms with Gasteiger partial charge in [-0.3, -0.25) is 4.99 Å². The van der Waals surface area contributed by atoms with Crippen LogP contribution in [0.15, 0.2) is 4.99 Å². The average molecular weight is 126 g/mol. The number of carbonyl (C=O) groups is 1. The van der Waals surface area contributed by atoms with Crippen molar-refractivity contribution in [2.75, 3.05) is 13.1 Å². The summed E-state index contributed by atoms with van der Waals surface area (Å²) in [6.07, 6.45) is 0.900. The Labute approximate surface area is 54.2 Å². The van der Waals surface area contributed by atoms with Crippen molar-refractivity contribution < 1.29 is 4.79 Å². The fraction of sp³-hybridized carbons (Fsp3) is 0.667. The molecule has 0 aromatic rings. The van der Waals surface area contributed by atoms with Crippen molar-refractivity contribution in [2.24, 2.45) is 10.9 Å². The monoisotopic (exact) mass is 126 g/mol. The summed E-state index contributed by atoms with van der Waals surface area (Å²) >= 11 is 0. The van der Waals surface area contributed by atoms with E-state index in [-0.39, 0.29) is 5.92 Å². The lowest BCUT2D eigenvalue weighted by Crippen LogP contribution is -2.25. The number of amidine groups is 1. The standard InChI is InChI=1S/C6H10N2O/c1-5(4-9)6-7-2-3-8-6/h4-5H,2-3H2,1H3,(H,7,8). The van der Waals surface area contributed by atoms with Crippen molar-refractivity contribution in [1.29, 1.82) is 0 Å². The van der Waals surface area contributed by atoms with Crippen LogP contribution in [0.4, 0.5) is 0 Å². The van der Waals surface area contributed by atoms with Gasteiger partial charge in [0.25, 0.3) is 0 Å². The third-order valence-corrected chi connectivity index (χ3v) is 1.34. The van der Waals surface area contributed by atoms with Crippen LogP contribution in [-0.2, 0) is 4.79 Å². The molecule has 0 saturated heterocycles. The van der Waals surface area contributed by atoms with E-state index in [0.29, 0.717) is 0 Å². The molecule has 0 saturated carbocycles. The SMILES string of the molecule is CC(C=O)C1=NCCN1. The van der Waals surface area contributed by atoms with Gasteiger partial charge in [0.2, 0.25) is 0 Å². The fourth-order valence-corrected chi connectivity index (χ4v) is 0.786. The number of carbonyl (C=O) groups excluding carboxylic acids is 1. The molecule has 0 bridgehead atoms. The Morgan fingerprint density at radius 2 is 2.67 bits per heavy atom. The first-order valence-corrected chi connectivity index (χ1v) is 3.08. The van der Waals surface area contributed by atoms with Crippen LogP contribution in [0.5, 0.6) is 0 Å². The highest BCUT2D eigenvalue weighted by Gasteiger charge is 2.11. The third-order valence-electron chi connectivity index (χ3n) is 1.34. The maximum absolute atomic E-state index is 10.2. The fourth-order valence-electron chi connectivity index (χ4n) is 0.786. The van der Waals surface area contributed by atoms with E-state index in [9.17, 15) is 4.79 Å². The molecule has 1 aliphatic heterocycles. The highest BCUT2D eigenvalue weighted by molar-refractivity contribution is 5.96. The minimum absolute atomic E-state index is 0.0486. The third kappa shape index (κ3) is 1.28. The molecule has 50 valence electrons. The topological polar surface area (TPSA) is 41.5 Å². The summed E-state index contributed by atoms with van der Waals surface area (Å²) in [6, 6.07) is 0. The molecule has 1 N–H and O–H groups in total. The normalized spacial score (nSPS) is 20.3. The Morgan fingerprint density at radius 3 is 3.11 bits per heavy atom. The molecular weight excluding hydrogens is 116 g/mol. The summed E-state index contributed by atoms with van der Waals surface area (Å²) in [6.45, 7) is 3.53. The Kier molecular flexibility index (Phi) is 1.82. The molecule has 0 aromatic heterocycles. The number of aldehydes is 1. The van der Waals surface area contributed by atoms with Gasteiger partial charge in [-0.1, -0.05) is 0 Å². The molecule has 0 spiro atoms. The zero-order valence-electron chi connectivity index (χ0n) is 5.42. The lowest BCUT2D eigenvalue weighted by molar-refractivity contribution is -0.109. The molecule has 0 aliphatic carbocycles. The number of nitrogens with one attached hydrogen (secondary N) is 1. The number of nitrogens with zero attached hydrogens (tertiary/aromatic N) is 1. The zero-order valence-corrected chi connectivity index (χ0v) is 5.42. The maximum Gasteiger partial charge on any atom is 0.130 e. The maximum atomic E-state index is 10.2. The summed E-state index contributed by atoms with van der Waals surface area (Å²) in [7, 11) is 0. The van der Waals surface area contributed by atoms with Crippen LogP contribution in [0.1, 0.15) is 6.92 Å². The molecule has 0 fully saturated rings. The van der Waals surface area contributed by atoms with E-state index in [1.807, 2.05) is 6.92 Å². The minimum Gasteiger partial charge on any atom is -0.371 e. The van der Waals surface area contributed by atoms with Gasteiger partial charge in [-0.05, 0) is 6.92 Å². The van der Waals surface area contributed by atoms with E-state index < -0.39 is 0 Å². The molecule has 1 atom stereocenters. The summed E-state index contributed by atoms with van der Waals surface area (Å²) < 4.78 is 0. The Bertz CT molecular complexity index is 142. The van der Waals surface area contributed by atoms with Crippen LogP contribution in [0.2, 0.25) is 0 Å². The minimum atomic E-state index is -0.0486. The van der Waals surface area contributed by atoms with Crippen molar-refractivity contribution in [3.05, 3.63) is 0 Å². The Balaban J connectivity index is 2.50. The molecule has 0 radical (unpaired) electrons. The predicted molar refractivity (Wildman–Crippen MR) is 35.5 cm³/mol. The van der Waals surface area contributed by atoms with Crippen LogP contribution in [0, 0.1) is 5.92 Å². The molecule has 0 amide bonds. The number of hydrogen-bond donors (Lipinski definition) is 1. The Hall–Kier alpha value is -0.860. The first-order chi connectivity index (χ1) is 4.34. The van der Waals surface area contributed by atoms with E-state index >= 15 is 0 Å². The largest absolute Gasteiger partial charge is 0.371 e. The summed E-state index contributed by atoms with van der Waals surface area (Å²) in [5.74, 6) is 0.789. The zero-order chi connectivity index (χ0) is 6.69. The van der Waals surface area contributed by atoms with E-state index in [0.717, 1.165) is 25.2 Å². The Morgan fingerprint density at radius 1 is 1.89 bits per heavy atom. The van der Waals surface area contributed by atoms with Crippen molar-refractivity contribution in [3.63, 3.8) is 0 Å². The second-order valence-electron chi connectivity index (χ2n) is 2.12. The molecule has 0 aromatic carbocycles. The second-order valence-corrected chi connectivity index (χ2v) is 2.12. The highest BCUT2D eigenvalue weighted by Crippen LogP contribution is 1.95. The molecule has 9 heavy (non-hydrogen) atoms. The van der Waals surface area contributed by atoms with Crippen molar-refractivity contribution in [3.8, 4) is 0 Å². The summed E-state index contributed by atoms with van der Waals surface area (Å²) in [5.41, 5.74) is 0. The van der Waals surface area contributed by atoms with Crippen LogP contribution < -0.4 is 5.32 Å². The molecule has 1 aliphatic rings. The number of rotatable bonds is 2. The van der Waals surface area contributed by atoms with Crippen LogP contribution >= 0.6 is 0 Å². The first-order valence-electron chi connectivity index (χ1n) is 3.08. The molecule has 3 heteroatoms. The lowest BCUT2D eigenvalue weighted by atomic mass is 10.2. The van der Waals surface area contributed by atoms with Gasteiger partial charge < -0.3 is 10.1 Å². The summed E-state index contributed by atoms with van der Waals surface area (Å²) in [4.78, 5) is 14.3. The lowest BCUT2D eigenvalue weighted by Gasteiger charge is -2.01. The van der Waals surface area contributed by atoms with E-state index in [1.54, 1.807) is 0 Å². The van der Waals surface area contributed by atoms with E-state index in [2.05, 4.69) is 10.3 Å². The van der Waals surface area contributed by atoms with Gasteiger partial charge >= 0.3 is 0 Å². The predicted octanol–water partition coefficient (Wildman–Crippen LogP) is -0.177. The van der Waals surface area contributed by atoms with Gasteiger partial charge in [0, 0.05) is 6.54 Å². The van der Waals surface area contributed by atoms with Crippen molar-refractivity contribution in [1.82, 2.24) is 5.32 Å². The molecule has 1 rings (SSSR count). The van der Waals surface area contributed by atoms with Crippen LogP contribution in [-0.4, -0.2) is 25.2 Å². The highest BCUT2D eigenvalue weighted by atomic mass is 16.1. The molecule has 3 nitrogen and oxygen atoms in total. The average Bonchev–Trinajstić information content (AvgIpc) is 2.37. The van der Waals surface area contributed by atoms with Crippen molar-refractivity contribution >= 4 is 12.1 Å². The van der Waals surface area contributed by atoms with Crippen molar-refractivity contribution in [2.45, 2.75) is 6.92 Å². The molecule has 1 unspecified atom stereocenters. The van der Waals surface area contributed by atoms with E-state index in [1.165, 1.54) is 0 Å². The number of aliphatic imine (C=N–C) groups is 1. The quantitative estimate of drug-likeness (QED) is 0.521. The summed E-state index contributed by atoms with van der Waals surface area (Å²) in [5, 5.41) is 3.03. The smallest absolute Gasteiger partial charge is 0.130 e. The van der Waals surface area contributed by atoms with E-state index in [4.69, 9.17) is 0 Å². The van der Waals surface area contributed by atoms with Gasteiger partial charge in [0.15, 0.2) is 0 Å². The molecular formula is C6H10N2O. The van der Waals surface area contributed by atoms with Gasteiger partial charge in [0.05, 0.1) is 12.5 Å². The van der Waals surface area contributed by atoms with Crippen LogP contribution in [0.3, 0.4) is 0 Å². The van der Waals surface area contributed by atoms with Crippen LogP contribution in [0.25, 0.3) is 0 Å².